The van der Waals surface area contributed by atoms with Crippen molar-refractivity contribution in [3.63, 3.8) is 0 Å². The van der Waals surface area contributed by atoms with Crippen LogP contribution in [-0.2, 0) is 25.5 Å². The second-order valence-corrected chi connectivity index (χ2v) is 18.0. The molecule has 0 radical (unpaired) electrons. The predicted molar refractivity (Wildman–Crippen MR) is 194 cm³/mol. The number of rotatable bonds is 5. The van der Waals surface area contributed by atoms with Crippen molar-refractivity contribution in [2.24, 2.45) is 34.5 Å². The molecule has 5 aliphatic carbocycles. The Morgan fingerprint density at radius 2 is 2.02 bits per heavy atom. The Morgan fingerprint density at radius 1 is 1.18 bits per heavy atom. The maximum absolute atomic E-state index is 14.2. The zero-order valence-electron chi connectivity index (χ0n) is 28.9. The molecule has 3 aliphatic heterocycles. The summed E-state index contributed by atoms with van der Waals surface area (Å²) >= 11 is 0. The number of aromatic nitrogens is 1. The van der Waals surface area contributed by atoms with Crippen LogP contribution in [-0.4, -0.2) is 45.9 Å². The Balaban J connectivity index is 1.26. The van der Waals surface area contributed by atoms with Crippen molar-refractivity contribution in [1.82, 2.24) is 10.3 Å². The van der Waals surface area contributed by atoms with Gasteiger partial charge < -0.3 is 25.2 Å². The van der Waals surface area contributed by atoms with E-state index in [1.807, 2.05) is 6.20 Å². The van der Waals surface area contributed by atoms with Crippen molar-refractivity contribution in [3.05, 3.63) is 69.9 Å². The quantitative estimate of drug-likeness (QED) is 0.210. The molecule has 7 atom stereocenters. The largest absolute Gasteiger partial charge is 0.427 e. The van der Waals surface area contributed by atoms with Crippen molar-refractivity contribution in [2.75, 3.05) is 17.7 Å². The first-order valence-corrected chi connectivity index (χ1v) is 20.8. The average Bonchev–Trinajstić information content (AvgIpc) is 3.78. The molecule has 3 N–H and O–H groups in total. The van der Waals surface area contributed by atoms with Gasteiger partial charge in [-0.25, -0.2) is 14.6 Å². The minimum atomic E-state index is -0.674. The summed E-state index contributed by atoms with van der Waals surface area (Å²) in [6, 6.07) is 4.17. The number of carbonyl (C=O) groups is 2. The number of aliphatic hydroxyl groups is 1. The third-order valence-electron chi connectivity index (χ3n) is 12.7. The van der Waals surface area contributed by atoms with Crippen LogP contribution in [0.1, 0.15) is 90.5 Å². The normalized spacial score (nSPS) is 35.1. The van der Waals surface area contributed by atoms with Crippen LogP contribution in [0.3, 0.4) is 0 Å². The van der Waals surface area contributed by atoms with Gasteiger partial charge in [-0.1, -0.05) is 53.9 Å². The molecule has 4 heterocycles. The van der Waals surface area contributed by atoms with E-state index in [4.69, 9.17) is 9.47 Å². The molecule has 1 aromatic heterocycles. The average molecular weight is 704 g/mol. The molecule has 1 aromatic rings. The Kier molecular flexibility index (Phi) is 9.07. The van der Waals surface area contributed by atoms with E-state index in [9.17, 15) is 14.7 Å². The van der Waals surface area contributed by atoms with Gasteiger partial charge in [-0.15, -0.1) is 0 Å². The Bertz CT molecular complexity index is 1660. The number of aliphatic hydroxyl groups excluding tert-OH is 1. The lowest BCUT2D eigenvalue weighted by atomic mass is 9.44. The fourth-order valence-electron chi connectivity index (χ4n) is 10.3. The summed E-state index contributed by atoms with van der Waals surface area (Å²) in [5, 5.41) is 17.2. The minimum absolute atomic E-state index is 0.0587. The van der Waals surface area contributed by atoms with Gasteiger partial charge in [0.25, 0.3) is 0 Å². The van der Waals surface area contributed by atoms with Crippen LogP contribution in [0.2, 0.25) is 0 Å². The van der Waals surface area contributed by atoms with Crippen molar-refractivity contribution >= 4 is 39.3 Å². The monoisotopic (exact) mass is 703 g/mol. The minimum Gasteiger partial charge on any atom is -0.427 e. The first-order chi connectivity index (χ1) is 23.7. The van der Waals surface area contributed by atoms with Gasteiger partial charge in [0.2, 0.25) is 0 Å². The van der Waals surface area contributed by atoms with Crippen LogP contribution in [0.5, 0.6) is 0 Å². The van der Waals surface area contributed by atoms with Crippen molar-refractivity contribution in [2.45, 2.75) is 103 Å². The maximum Gasteiger partial charge on any atom is 0.340 e. The number of fused-ring (bicyclic) bond motifs is 3. The fraction of sp³-hybridized carbons (Fsp3) is 0.615. The highest BCUT2D eigenvalue weighted by molar-refractivity contribution is 8.76. The zero-order chi connectivity index (χ0) is 33.9. The van der Waals surface area contributed by atoms with Crippen LogP contribution >= 0.6 is 21.6 Å². The van der Waals surface area contributed by atoms with E-state index in [0.29, 0.717) is 25.3 Å². The number of pyridine rings is 1. The smallest absolute Gasteiger partial charge is 0.340 e. The molecule has 49 heavy (non-hydrogen) atoms. The highest BCUT2D eigenvalue weighted by atomic mass is 33.1. The number of hydrogen-bond donors (Lipinski definition) is 3. The number of nitrogens with one attached hydrogen (secondary N) is 2. The first-order valence-electron chi connectivity index (χ1n) is 18.5. The third kappa shape index (κ3) is 5.73. The summed E-state index contributed by atoms with van der Waals surface area (Å²) < 4.78 is 12.6. The van der Waals surface area contributed by atoms with Crippen molar-refractivity contribution < 1.29 is 24.2 Å². The molecule has 1 saturated heterocycles. The van der Waals surface area contributed by atoms with Crippen molar-refractivity contribution in [3.8, 4) is 0 Å². The van der Waals surface area contributed by atoms with Gasteiger partial charge >= 0.3 is 11.9 Å². The molecular formula is C39H49N3O5S2. The molecule has 262 valence electrons. The maximum atomic E-state index is 14.2. The van der Waals surface area contributed by atoms with Crippen LogP contribution in [0.25, 0.3) is 0 Å². The molecule has 3 fully saturated rings. The van der Waals surface area contributed by atoms with Crippen LogP contribution < -0.4 is 10.6 Å². The lowest BCUT2D eigenvalue weighted by molar-refractivity contribution is -0.135. The molecule has 1 spiro atoms. The molecule has 7 bridgehead atoms. The van der Waals surface area contributed by atoms with Gasteiger partial charge in [-0.3, -0.25) is 0 Å². The van der Waals surface area contributed by atoms with Crippen LogP contribution in [0.4, 0.5) is 5.82 Å². The second kappa shape index (κ2) is 13.2. The van der Waals surface area contributed by atoms with E-state index in [1.54, 1.807) is 28.5 Å². The number of cyclic esters (lactones) is 1. The van der Waals surface area contributed by atoms with Crippen molar-refractivity contribution in [1.29, 1.82) is 0 Å². The molecule has 2 saturated carbocycles. The lowest BCUT2D eigenvalue weighted by Gasteiger charge is -2.56. The molecule has 9 rings (SSSR count). The van der Waals surface area contributed by atoms with Gasteiger partial charge in [-0.2, -0.15) is 0 Å². The van der Waals surface area contributed by atoms with E-state index in [2.05, 4.69) is 53.7 Å². The predicted octanol–water partition coefficient (Wildman–Crippen LogP) is 7.59. The Labute approximate surface area is 297 Å². The van der Waals surface area contributed by atoms with Gasteiger partial charge in [-0.05, 0) is 118 Å². The molecule has 10 heteroatoms. The number of esters is 2. The number of anilines is 1. The number of hydrogen-bond acceptors (Lipinski definition) is 10. The number of nitrogens with zero attached hydrogens (tertiary/aromatic N) is 1. The Hall–Kier alpha value is -2.53. The summed E-state index contributed by atoms with van der Waals surface area (Å²) in [6.45, 7) is 6.75. The van der Waals surface area contributed by atoms with Gasteiger partial charge in [0.15, 0.2) is 0 Å². The number of ether oxygens (including phenoxy) is 2. The van der Waals surface area contributed by atoms with E-state index in [1.165, 1.54) is 18.4 Å². The Morgan fingerprint density at radius 3 is 2.82 bits per heavy atom. The standard InChI is InChI=1S/C39H49N3O5S2/c1-4-38(13-5-6-14-38)19-29-27-9-8-26-25-11-15-39(33(26)32(27)36(44)46-29)30-10-7-22(2)35(41-20-23(3)43)49-48-21-42-31-18-24(12-16-40-31)17-28(25)34(39)37(45)47-30/h10,12,16,18-19,22-23,25-26,33,35,41,43H,4-9,11,13-15,17,20-21H2,1-3H3,(H,40,42). The molecule has 8 aliphatic rings. The highest BCUT2D eigenvalue weighted by Gasteiger charge is 2.68. The summed E-state index contributed by atoms with van der Waals surface area (Å²) in [7, 11) is 3.48. The zero-order valence-corrected chi connectivity index (χ0v) is 30.5. The number of carbonyl (C=O) groups excluding carboxylic acids is 2. The van der Waals surface area contributed by atoms with E-state index < -0.39 is 11.5 Å². The van der Waals surface area contributed by atoms with Crippen LogP contribution in [0.15, 0.2) is 64.3 Å². The number of allylic oxidation sites excluding steroid dienone is 5. The SMILES string of the molecule is CCC1(C=C2OC(=O)C3=C2CCC2C4CCC5(C6=CCC(C)C(NCC(C)O)SSCNc7cc(ccn7)CC4=C5C(=O)O6)C32)CCCC1. The third-order valence-corrected chi connectivity index (χ3v) is 15.3. The van der Waals surface area contributed by atoms with Gasteiger partial charge in [0, 0.05) is 29.8 Å². The van der Waals surface area contributed by atoms with E-state index in [-0.39, 0.29) is 46.4 Å². The fourth-order valence-corrected chi connectivity index (χ4v) is 12.8. The molecule has 0 amide bonds. The van der Waals surface area contributed by atoms with E-state index >= 15 is 0 Å². The summed E-state index contributed by atoms with van der Waals surface area (Å²) in [6.07, 6.45) is 16.6. The molecule has 7 unspecified atom stereocenters. The topological polar surface area (TPSA) is 110 Å². The lowest BCUT2D eigenvalue weighted by Crippen LogP contribution is -2.52. The highest BCUT2D eigenvalue weighted by Crippen LogP contribution is 2.70. The summed E-state index contributed by atoms with van der Waals surface area (Å²) in [4.78, 5) is 33.0. The molecular weight excluding hydrogens is 655 g/mol. The molecule has 8 nitrogen and oxygen atoms in total. The van der Waals surface area contributed by atoms with Crippen LogP contribution in [0, 0.1) is 34.5 Å². The first kappa shape index (κ1) is 33.6. The summed E-state index contributed by atoms with van der Waals surface area (Å²) in [5.41, 5.74) is 4.45. The van der Waals surface area contributed by atoms with E-state index in [0.717, 1.165) is 84.6 Å². The second-order valence-electron chi connectivity index (χ2n) is 15.5. The molecule has 0 aromatic carbocycles. The summed E-state index contributed by atoms with van der Waals surface area (Å²) in [5.74, 6) is 3.09. The van der Waals surface area contributed by atoms with Gasteiger partial charge in [0.05, 0.1) is 28.3 Å². The van der Waals surface area contributed by atoms with Gasteiger partial charge in [0.1, 0.15) is 17.3 Å².